The third-order valence-corrected chi connectivity index (χ3v) is 3.68. The van der Waals surface area contributed by atoms with Gasteiger partial charge in [0.25, 0.3) is 0 Å². The summed E-state index contributed by atoms with van der Waals surface area (Å²) in [6.45, 7) is 14.7. The second-order valence-electron chi connectivity index (χ2n) is 7.75. The van der Waals surface area contributed by atoms with Crippen LogP contribution in [0.25, 0.3) is 0 Å². The quantitative estimate of drug-likeness (QED) is 0.454. The first kappa shape index (κ1) is 22.9. The number of nitrogens with zero attached hydrogens (tertiary/aromatic N) is 1. The van der Waals surface area contributed by atoms with Gasteiger partial charge in [0.1, 0.15) is 12.6 Å². The largest absolute Gasteiger partial charge is 0.462 e. The van der Waals surface area contributed by atoms with Crippen molar-refractivity contribution in [2.45, 2.75) is 105 Å². The van der Waals surface area contributed by atoms with Crippen LogP contribution in [-0.4, -0.2) is 59.8 Å². The minimum absolute atomic E-state index is 0.102. The van der Waals surface area contributed by atoms with Crippen molar-refractivity contribution in [2.75, 3.05) is 6.54 Å². The molecule has 7 heteroatoms. The molecule has 1 unspecified atom stereocenters. The van der Waals surface area contributed by atoms with Crippen LogP contribution in [-0.2, 0) is 28.5 Å². The van der Waals surface area contributed by atoms with Crippen molar-refractivity contribution in [1.82, 2.24) is 4.90 Å². The summed E-state index contributed by atoms with van der Waals surface area (Å²) in [6, 6.07) is -0.616. The van der Waals surface area contributed by atoms with Crippen LogP contribution in [0.4, 0.5) is 0 Å². The highest BCUT2D eigenvalue weighted by Gasteiger charge is 2.53. The normalized spacial score (nSPS) is 20.4. The predicted octanol–water partition coefficient (Wildman–Crippen LogP) is 2.86. The minimum Gasteiger partial charge on any atom is -0.462 e. The summed E-state index contributed by atoms with van der Waals surface area (Å²) in [5.74, 6) is -1.95. The first-order valence-electron chi connectivity index (χ1n) is 9.49. The summed E-state index contributed by atoms with van der Waals surface area (Å²) in [5, 5.41) is 0. The van der Waals surface area contributed by atoms with Gasteiger partial charge >= 0.3 is 11.9 Å². The Morgan fingerprint density at radius 2 is 1.38 bits per heavy atom. The summed E-state index contributed by atoms with van der Waals surface area (Å²) in [7, 11) is 0. The van der Waals surface area contributed by atoms with Gasteiger partial charge in [-0.15, -0.1) is 0 Å². The molecule has 1 aliphatic heterocycles. The van der Waals surface area contributed by atoms with Crippen molar-refractivity contribution in [3.63, 3.8) is 0 Å². The van der Waals surface area contributed by atoms with Gasteiger partial charge in [-0.2, -0.15) is 0 Å². The molecule has 0 bridgehead atoms. The molecule has 152 valence electrons. The van der Waals surface area contributed by atoms with Crippen molar-refractivity contribution in [2.24, 2.45) is 0 Å². The first-order valence-corrected chi connectivity index (χ1v) is 9.49. The lowest BCUT2D eigenvalue weighted by molar-refractivity contribution is -0.332. The Morgan fingerprint density at radius 1 is 0.885 bits per heavy atom. The zero-order valence-corrected chi connectivity index (χ0v) is 17.4. The molecule has 7 nitrogen and oxygen atoms in total. The average molecular weight is 373 g/mol. The highest BCUT2D eigenvalue weighted by Crippen LogP contribution is 2.38. The number of hydrogen-bond donors (Lipinski definition) is 0. The lowest BCUT2D eigenvalue weighted by atomic mass is 10.2. The Kier molecular flexibility index (Phi) is 8.50. The SMILES string of the molecule is CC(C)OC(=O)CN1C(C(=O)OC(C)C)CCC1(OC(C)C)OC(C)C. The van der Waals surface area contributed by atoms with Crippen molar-refractivity contribution >= 4 is 11.9 Å². The van der Waals surface area contributed by atoms with E-state index in [4.69, 9.17) is 18.9 Å². The number of rotatable bonds is 9. The fourth-order valence-corrected chi connectivity index (χ4v) is 3.10. The number of likely N-dealkylation sites (tertiary alicyclic amines) is 1. The molecule has 0 aromatic heterocycles. The first-order chi connectivity index (χ1) is 12.0. The molecule has 1 saturated heterocycles. The molecule has 1 heterocycles. The molecule has 1 fully saturated rings. The maximum atomic E-state index is 12.6. The van der Waals surface area contributed by atoms with Crippen molar-refractivity contribution in [3.8, 4) is 0 Å². The van der Waals surface area contributed by atoms with E-state index in [-0.39, 0.29) is 36.9 Å². The Hall–Kier alpha value is -1.18. The minimum atomic E-state index is -1.15. The standard InChI is InChI=1S/C19H35NO6/c1-12(2)23-17(21)11-20-16(18(22)24-13(3)4)9-10-19(20,25-14(5)6)26-15(7)8/h12-16H,9-11H2,1-8H3. The molecule has 0 N–H and O–H groups in total. The molecule has 1 aliphatic rings. The third-order valence-electron chi connectivity index (χ3n) is 3.68. The second kappa shape index (κ2) is 9.67. The van der Waals surface area contributed by atoms with E-state index in [1.807, 2.05) is 27.7 Å². The number of esters is 2. The van der Waals surface area contributed by atoms with E-state index in [2.05, 4.69) is 0 Å². The highest BCUT2D eigenvalue weighted by atomic mass is 16.7. The van der Waals surface area contributed by atoms with Gasteiger partial charge in [-0.25, -0.2) is 4.90 Å². The fraction of sp³-hybridized carbons (Fsp3) is 0.895. The smallest absolute Gasteiger partial charge is 0.323 e. The van der Waals surface area contributed by atoms with Crippen LogP contribution in [0.2, 0.25) is 0 Å². The van der Waals surface area contributed by atoms with Crippen molar-refractivity contribution in [3.05, 3.63) is 0 Å². The van der Waals surface area contributed by atoms with Gasteiger partial charge in [0.2, 0.25) is 5.91 Å². The molecule has 0 spiro atoms. The van der Waals surface area contributed by atoms with Crippen LogP contribution < -0.4 is 0 Å². The molecular formula is C19H35NO6. The number of carbonyl (C=O) groups excluding carboxylic acids is 2. The Labute approximate surface area is 157 Å². The molecule has 0 saturated carbocycles. The fourth-order valence-electron chi connectivity index (χ4n) is 3.10. The zero-order valence-electron chi connectivity index (χ0n) is 17.4. The van der Waals surface area contributed by atoms with E-state index in [0.717, 1.165) is 0 Å². The number of carbonyl (C=O) groups is 2. The molecule has 26 heavy (non-hydrogen) atoms. The summed E-state index contributed by atoms with van der Waals surface area (Å²) in [4.78, 5) is 26.6. The van der Waals surface area contributed by atoms with E-state index in [1.165, 1.54) is 0 Å². The molecule has 0 radical (unpaired) electrons. The summed E-state index contributed by atoms with van der Waals surface area (Å²) >= 11 is 0. The van der Waals surface area contributed by atoms with E-state index in [1.54, 1.807) is 32.6 Å². The number of ether oxygens (including phenoxy) is 4. The van der Waals surface area contributed by atoms with Crippen LogP contribution in [0.15, 0.2) is 0 Å². The van der Waals surface area contributed by atoms with Gasteiger partial charge in [0.15, 0.2) is 0 Å². The Balaban J connectivity index is 3.15. The summed E-state index contributed by atoms with van der Waals surface area (Å²) in [5.41, 5.74) is 0. The molecule has 0 aliphatic carbocycles. The van der Waals surface area contributed by atoms with Gasteiger partial charge in [-0.05, 0) is 61.8 Å². The monoisotopic (exact) mass is 373 g/mol. The Bertz CT molecular complexity index is 465. The van der Waals surface area contributed by atoms with E-state index in [9.17, 15) is 9.59 Å². The van der Waals surface area contributed by atoms with E-state index < -0.39 is 17.9 Å². The van der Waals surface area contributed by atoms with Gasteiger partial charge in [0.05, 0.1) is 24.4 Å². The van der Waals surface area contributed by atoms with Crippen LogP contribution in [0.5, 0.6) is 0 Å². The van der Waals surface area contributed by atoms with Gasteiger partial charge in [-0.3, -0.25) is 9.59 Å². The van der Waals surface area contributed by atoms with Crippen molar-refractivity contribution < 1.29 is 28.5 Å². The van der Waals surface area contributed by atoms with E-state index in [0.29, 0.717) is 12.8 Å². The lowest BCUT2D eigenvalue weighted by Crippen LogP contribution is -2.57. The molecule has 0 aromatic rings. The highest BCUT2D eigenvalue weighted by molar-refractivity contribution is 5.78. The molecular weight excluding hydrogens is 338 g/mol. The van der Waals surface area contributed by atoms with Crippen LogP contribution in [0.3, 0.4) is 0 Å². The van der Waals surface area contributed by atoms with Crippen LogP contribution >= 0.6 is 0 Å². The molecule has 1 rings (SSSR count). The van der Waals surface area contributed by atoms with Gasteiger partial charge in [-0.1, -0.05) is 0 Å². The van der Waals surface area contributed by atoms with Gasteiger partial charge < -0.3 is 18.9 Å². The molecule has 0 amide bonds. The maximum absolute atomic E-state index is 12.6. The van der Waals surface area contributed by atoms with Crippen LogP contribution in [0.1, 0.15) is 68.2 Å². The van der Waals surface area contributed by atoms with E-state index >= 15 is 0 Å². The van der Waals surface area contributed by atoms with Crippen LogP contribution in [0, 0.1) is 0 Å². The third kappa shape index (κ3) is 6.52. The van der Waals surface area contributed by atoms with Gasteiger partial charge in [0, 0.05) is 6.42 Å². The second-order valence-corrected chi connectivity index (χ2v) is 7.75. The molecule has 1 atom stereocenters. The Morgan fingerprint density at radius 3 is 1.81 bits per heavy atom. The average Bonchev–Trinajstić information content (AvgIpc) is 2.73. The maximum Gasteiger partial charge on any atom is 0.323 e. The number of hydrogen-bond acceptors (Lipinski definition) is 7. The predicted molar refractivity (Wildman–Crippen MR) is 97.4 cm³/mol. The van der Waals surface area contributed by atoms with Crippen molar-refractivity contribution in [1.29, 1.82) is 0 Å². The summed E-state index contributed by atoms with van der Waals surface area (Å²) < 4.78 is 22.9. The molecule has 0 aromatic carbocycles. The summed E-state index contributed by atoms with van der Waals surface area (Å²) in [6.07, 6.45) is 0.196. The topological polar surface area (TPSA) is 74.3 Å². The lowest BCUT2D eigenvalue weighted by Gasteiger charge is -2.41. The zero-order chi connectivity index (χ0) is 20.1.